The second-order valence-electron chi connectivity index (χ2n) is 7.41. The Hall–Kier alpha value is -1.59. The van der Waals surface area contributed by atoms with Crippen molar-refractivity contribution in [2.24, 2.45) is 5.41 Å². The maximum atomic E-state index is 12.1. The fourth-order valence-electron chi connectivity index (χ4n) is 3.83. The van der Waals surface area contributed by atoms with E-state index in [9.17, 15) is 9.90 Å². The predicted molar refractivity (Wildman–Crippen MR) is 84.7 cm³/mol. The van der Waals surface area contributed by atoms with Crippen LogP contribution >= 0.6 is 0 Å². The van der Waals surface area contributed by atoms with Gasteiger partial charge in [-0.2, -0.15) is 0 Å². The van der Waals surface area contributed by atoms with Crippen LogP contribution in [0.25, 0.3) is 0 Å². The van der Waals surface area contributed by atoms with E-state index in [0.717, 1.165) is 6.42 Å². The van der Waals surface area contributed by atoms with Crippen LogP contribution in [0.5, 0.6) is 11.5 Å². The summed E-state index contributed by atoms with van der Waals surface area (Å²) in [5.41, 5.74) is 0.102. The van der Waals surface area contributed by atoms with Gasteiger partial charge >= 0.3 is 0 Å². The summed E-state index contributed by atoms with van der Waals surface area (Å²) < 4.78 is 16.2. The van der Waals surface area contributed by atoms with Crippen LogP contribution in [-0.2, 0) is 9.53 Å². The molecule has 23 heavy (non-hydrogen) atoms. The highest BCUT2D eigenvalue weighted by Gasteiger charge is 2.65. The molecule has 1 aliphatic heterocycles. The molecule has 1 saturated carbocycles. The number of aliphatic hydroxyl groups excluding tert-OH is 1. The summed E-state index contributed by atoms with van der Waals surface area (Å²) in [5.74, 6) is 1.41. The Morgan fingerprint density at radius 1 is 1.26 bits per heavy atom. The van der Waals surface area contributed by atoms with Gasteiger partial charge in [0.1, 0.15) is 23.2 Å². The van der Waals surface area contributed by atoms with E-state index in [0.29, 0.717) is 29.9 Å². The molecule has 1 aromatic rings. The molecule has 3 atom stereocenters. The van der Waals surface area contributed by atoms with E-state index in [2.05, 4.69) is 13.8 Å². The Kier molecular flexibility index (Phi) is 3.89. The standard InChI is InChI=1S/C18H24O5/c1-17(2)8-15(20)16-18(10-17,23-16)9-14(19)11-5-12(21-3)7-13(6-11)22-4/h5-7,14,16,19H,8-10H2,1-4H3. The minimum Gasteiger partial charge on any atom is -0.497 e. The van der Waals surface area contributed by atoms with Gasteiger partial charge in [0.05, 0.1) is 20.3 Å². The highest BCUT2D eigenvalue weighted by molar-refractivity contribution is 5.88. The lowest BCUT2D eigenvalue weighted by Gasteiger charge is -2.32. The average molecular weight is 320 g/mol. The number of ketones is 1. The monoisotopic (exact) mass is 320 g/mol. The van der Waals surface area contributed by atoms with Crippen LogP contribution in [0.3, 0.4) is 0 Å². The molecule has 0 bridgehead atoms. The lowest BCUT2D eigenvalue weighted by molar-refractivity contribution is -0.123. The van der Waals surface area contributed by atoms with Crippen molar-refractivity contribution in [3.8, 4) is 11.5 Å². The number of methoxy groups -OCH3 is 2. The normalized spacial score (nSPS) is 29.6. The average Bonchev–Trinajstić information content (AvgIpc) is 3.19. The summed E-state index contributed by atoms with van der Waals surface area (Å²) in [5, 5.41) is 10.7. The van der Waals surface area contributed by atoms with Gasteiger partial charge in [-0.3, -0.25) is 4.79 Å². The Morgan fingerprint density at radius 3 is 2.43 bits per heavy atom. The third kappa shape index (κ3) is 3.08. The van der Waals surface area contributed by atoms with Crippen molar-refractivity contribution in [3.05, 3.63) is 23.8 Å². The summed E-state index contributed by atoms with van der Waals surface area (Å²) >= 11 is 0. The van der Waals surface area contributed by atoms with Crippen LogP contribution in [0.2, 0.25) is 0 Å². The van der Waals surface area contributed by atoms with Gasteiger partial charge in [0.2, 0.25) is 0 Å². The SMILES string of the molecule is COc1cc(OC)cc(C(O)CC23CC(C)(C)CC(=O)C2O3)c1. The molecule has 2 aliphatic rings. The van der Waals surface area contributed by atoms with Gasteiger partial charge in [0, 0.05) is 18.9 Å². The number of aliphatic hydroxyl groups is 1. The first-order chi connectivity index (χ1) is 10.8. The molecular formula is C18H24O5. The zero-order valence-corrected chi connectivity index (χ0v) is 14.1. The number of benzene rings is 1. The van der Waals surface area contributed by atoms with Gasteiger partial charge in [0.15, 0.2) is 5.78 Å². The van der Waals surface area contributed by atoms with Gasteiger partial charge < -0.3 is 19.3 Å². The molecule has 0 aromatic heterocycles. The number of Topliss-reactive ketones (excluding diaryl/α,β-unsaturated/α-hetero) is 1. The van der Waals surface area contributed by atoms with E-state index in [1.807, 2.05) is 0 Å². The number of ether oxygens (including phenoxy) is 3. The number of carbonyl (C=O) groups is 1. The Morgan fingerprint density at radius 2 is 1.87 bits per heavy atom. The molecule has 1 saturated heterocycles. The molecule has 1 heterocycles. The van der Waals surface area contributed by atoms with Gasteiger partial charge in [-0.1, -0.05) is 13.8 Å². The molecular weight excluding hydrogens is 296 g/mol. The predicted octanol–water partition coefficient (Wildman–Crippen LogP) is 2.65. The Labute approximate surface area is 136 Å². The second-order valence-corrected chi connectivity index (χ2v) is 7.41. The molecule has 0 spiro atoms. The van der Waals surface area contributed by atoms with Crippen LogP contribution in [0.1, 0.15) is 44.8 Å². The molecule has 1 aromatic carbocycles. The number of epoxide rings is 1. The van der Waals surface area contributed by atoms with Crippen molar-refractivity contribution in [1.82, 2.24) is 0 Å². The van der Waals surface area contributed by atoms with Gasteiger partial charge in [-0.25, -0.2) is 0 Å². The van der Waals surface area contributed by atoms with Crippen LogP contribution in [-0.4, -0.2) is 36.8 Å². The molecule has 126 valence electrons. The van der Waals surface area contributed by atoms with Crippen molar-refractivity contribution < 1.29 is 24.1 Å². The second kappa shape index (κ2) is 5.49. The Bertz CT molecular complexity index is 602. The van der Waals surface area contributed by atoms with E-state index < -0.39 is 11.7 Å². The van der Waals surface area contributed by atoms with Crippen molar-refractivity contribution in [3.63, 3.8) is 0 Å². The molecule has 5 nitrogen and oxygen atoms in total. The van der Waals surface area contributed by atoms with E-state index >= 15 is 0 Å². The number of hydrogen-bond acceptors (Lipinski definition) is 5. The largest absolute Gasteiger partial charge is 0.497 e. The van der Waals surface area contributed by atoms with Crippen molar-refractivity contribution in [1.29, 1.82) is 0 Å². The van der Waals surface area contributed by atoms with Crippen LogP contribution in [0.4, 0.5) is 0 Å². The molecule has 0 amide bonds. The summed E-state index contributed by atoms with van der Waals surface area (Å²) in [6.45, 7) is 4.15. The smallest absolute Gasteiger partial charge is 0.165 e. The summed E-state index contributed by atoms with van der Waals surface area (Å²) in [6, 6.07) is 5.34. The first-order valence-electron chi connectivity index (χ1n) is 7.90. The lowest BCUT2D eigenvalue weighted by atomic mass is 9.70. The van der Waals surface area contributed by atoms with Gasteiger partial charge in [-0.05, 0) is 29.5 Å². The topological polar surface area (TPSA) is 68.3 Å². The highest BCUT2D eigenvalue weighted by atomic mass is 16.6. The minimum absolute atomic E-state index is 0.0874. The first-order valence-corrected chi connectivity index (χ1v) is 7.90. The number of fused-ring (bicyclic) bond motifs is 1. The molecule has 3 unspecified atom stereocenters. The van der Waals surface area contributed by atoms with Crippen LogP contribution in [0, 0.1) is 5.41 Å². The summed E-state index contributed by atoms with van der Waals surface area (Å²) in [4.78, 5) is 12.1. The fraction of sp³-hybridized carbons (Fsp3) is 0.611. The quantitative estimate of drug-likeness (QED) is 0.845. The molecule has 3 rings (SSSR count). The van der Waals surface area contributed by atoms with E-state index in [1.54, 1.807) is 32.4 Å². The minimum atomic E-state index is -0.731. The van der Waals surface area contributed by atoms with Crippen LogP contribution in [0.15, 0.2) is 18.2 Å². The summed E-state index contributed by atoms with van der Waals surface area (Å²) in [7, 11) is 3.15. The molecule has 0 radical (unpaired) electrons. The molecule has 1 N–H and O–H groups in total. The molecule has 5 heteroatoms. The first kappa shape index (κ1) is 16.3. The van der Waals surface area contributed by atoms with Gasteiger partial charge in [0.25, 0.3) is 0 Å². The highest BCUT2D eigenvalue weighted by Crippen LogP contribution is 2.56. The van der Waals surface area contributed by atoms with Crippen LogP contribution < -0.4 is 9.47 Å². The zero-order chi connectivity index (χ0) is 16.8. The van der Waals surface area contributed by atoms with E-state index in [1.165, 1.54) is 0 Å². The molecule has 2 fully saturated rings. The maximum Gasteiger partial charge on any atom is 0.165 e. The summed E-state index contributed by atoms with van der Waals surface area (Å²) in [6.07, 6.45) is 0.656. The third-order valence-electron chi connectivity index (χ3n) is 4.79. The third-order valence-corrected chi connectivity index (χ3v) is 4.79. The number of carbonyl (C=O) groups excluding carboxylic acids is 1. The number of hydrogen-bond donors (Lipinski definition) is 1. The lowest BCUT2D eigenvalue weighted by Crippen LogP contribution is -2.37. The van der Waals surface area contributed by atoms with Crippen molar-refractivity contribution >= 4 is 5.78 Å². The fourth-order valence-corrected chi connectivity index (χ4v) is 3.83. The van der Waals surface area contributed by atoms with Crippen molar-refractivity contribution in [2.75, 3.05) is 14.2 Å². The maximum absolute atomic E-state index is 12.1. The molecule has 1 aliphatic carbocycles. The van der Waals surface area contributed by atoms with Gasteiger partial charge in [-0.15, -0.1) is 0 Å². The number of rotatable bonds is 5. The Balaban J connectivity index is 1.80. The van der Waals surface area contributed by atoms with E-state index in [4.69, 9.17) is 14.2 Å². The zero-order valence-electron chi connectivity index (χ0n) is 14.1. The van der Waals surface area contributed by atoms with E-state index in [-0.39, 0.29) is 17.3 Å². The van der Waals surface area contributed by atoms with Crippen molar-refractivity contribution in [2.45, 2.75) is 50.9 Å².